The summed E-state index contributed by atoms with van der Waals surface area (Å²) in [6.07, 6.45) is 0. The lowest BCUT2D eigenvalue weighted by molar-refractivity contribution is -1.02. The van der Waals surface area contributed by atoms with Gasteiger partial charge < -0.3 is 15.1 Å². The summed E-state index contributed by atoms with van der Waals surface area (Å²) in [5.74, 6) is -4.63. The van der Waals surface area contributed by atoms with Gasteiger partial charge in [-0.2, -0.15) is 0 Å². The van der Waals surface area contributed by atoms with E-state index in [1.807, 2.05) is 18.2 Å². The molecule has 4 nitrogen and oxygen atoms in total. The van der Waals surface area contributed by atoms with Gasteiger partial charge in [0.25, 0.3) is 5.91 Å². The molecule has 3 N–H and O–H groups in total. The highest BCUT2D eigenvalue weighted by Crippen LogP contribution is 2.19. The zero-order valence-corrected chi connectivity index (χ0v) is 15.2. The van der Waals surface area contributed by atoms with Crippen molar-refractivity contribution in [3.8, 4) is 0 Å². The fraction of sp³-hybridized carbons (Fsp3) is 0.350. The van der Waals surface area contributed by atoms with Gasteiger partial charge in [-0.25, -0.2) is 13.2 Å². The average molecular weight is 379 g/mol. The van der Waals surface area contributed by atoms with E-state index in [0.717, 1.165) is 49.8 Å². The Bertz CT molecular complexity index is 793. The summed E-state index contributed by atoms with van der Waals surface area (Å²) in [6, 6.07) is 11.7. The Hall–Kier alpha value is -2.38. The number of hydrogen-bond donors (Lipinski definition) is 3. The number of halogens is 3. The Morgan fingerprint density at radius 3 is 2.33 bits per heavy atom. The lowest BCUT2D eigenvalue weighted by Crippen LogP contribution is -3.29. The predicted molar refractivity (Wildman–Crippen MR) is 95.9 cm³/mol. The smallest absolute Gasteiger partial charge is 0.282 e. The number of anilines is 1. The molecule has 0 spiro atoms. The lowest BCUT2D eigenvalue weighted by Gasteiger charge is -2.32. The van der Waals surface area contributed by atoms with E-state index in [9.17, 15) is 18.0 Å². The normalized spacial score (nSPS) is 20.9. The summed E-state index contributed by atoms with van der Waals surface area (Å²) in [5, 5.41) is 2.38. The Balaban J connectivity index is 1.53. The number of quaternary nitrogens is 2. The van der Waals surface area contributed by atoms with Crippen molar-refractivity contribution in [1.82, 2.24) is 0 Å². The molecule has 1 aliphatic heterocycles. The number of carbonyl (C=O) groups is 1. The second kappa shape index (κ2) is 8.54. The van der Waals surface area contributed by atoms with Crippen LogP contribution in [0.15, 0.2) is 42.5 Å². The average Bonchev–Trinajstić information content (AvgIpc) is 2.69. The van der Waals surface area contributed by atoms with Gasteiger partial charge in [0.1, 0.15) is 32.7 Å². The number of piperazine rings is 1. The summed E-state index contributed by atoms with van der Waals surface area (Å²) >= 11 is 0. The minimum absolute atomic E-state index is 0.335. The number of carbonyl (C=O) groups excluding carboxylic acids is 1. The van der Waals surface area contributed by atoms with E-state index in [-0.39, 0.29) is 5.69 Å². The molecule has 1 heterocycles. The number of benzene rings is 2. The summed E-state index contributed by atoms with van der Waals surface area (Å²) in [7, 11) is 0. The van der Waals surface area contributed by atoms with Gasteiger partial charge in [0.05, 0.1) is 5.69 Å². The highest BCUT2D eigenvalue weighted by molar-refractivity contribution is 5.93. The van der Waals surface area contributed by atoms with Gasteiger partial charge in [0.15, 0.2) is 23.5 Å². The molecule has 1 aliphatic rings. The molecule has 27 heavy (non-hydrogen) atoms. The first-order valence-electron chi connectivity index (χ1n) is 9.12. The molecule has 7 heteroatoms. The predicted octanol–water partition coefficient (Wildman–Crippen LogP) is 0.415. The van der Waals surface area contributed by atoms with E-state index in [1.165, 1.54) is 10.5 Å². The van der Waals surface area contributed by atoms with Crippen LogP contribution < -0.4 is 15.1 Å². The number of nitrogens with one attached hydrogen (secondary N) is 3. The molecular formula is C20H24F3N3O+2. The summed E-state index contributed by atoms with van der Waals surface area (Å²) in [6.45, 7) is 6.22. The van der Waals surface area contributed by atoms with Crippen LogP contribution in [-0.2, 0) is 11.3 Å². The number of amides is 1. The minimum atomic E-state index is -1.58. The summed E-state index contributed by atoms with van der Waals surface area (Å²) in [4.78, 5) is 15.0. The number of hydrogen-bond acceptors (Lipinski definition) is 1. The zero-order chi connectivity index (χ0) is 19.4. The molecule has 0 aromatic heterocycles. The molecule has 0 radical (unpaired) electrons. The molecule has 0 saturated carbocycles. The monoisotopic (exact) mass is 379 g/mol. The largest absolute Gasteiger partial charge is 0.322 e. The van der Waals surface area contributed by atoms with Crippen molar-refractivity contribution in [3.63, 3.8) is 0 Å². The van der Waals surface area contributed by atoms with Gasteiger partial charge >= 0.3 is 0 Å². The van der Waals surface area contributed by atoms with Crippen LogP contribution in [0.1, 0.15) is 12.5 Å². The highest BCUT2D eigenvalue weighted by Gasteiger charge is 2.31. The molecule has 1 saturated heterocycles. The fourth-order valence-corrected chi connectivity index (χ4v) is 3.47. The van der Waals surface area contributed by atoms with E-state index in [2.05, 4.69) is 17.4 Å². The van der Waals surface area contributed by atoms with E-state index in [4.69, 9.17) is 0 Å². The van der Waals surface area contributed by atoms with Gasteiger partial charge in [0, 0.05) is 5.56 Å². The molecule has 0 bridgehead atoms. The van der Waals surface area contributed by atoms with Crippen LogP contribution in [0.4, 0.5) is 18.9 Å². The molecule has 2 aromatic carbocycles. The maximum absolute atomic E-state index is 13.7. The van der Waals surface area contributed by atoms with Gasteiger partial charge in [-0.05, 0) is 19.1 Å². The SMILES string of the molecule is C[C@@H](C(=O)Nc1ccc(F)c(F)c1F)[NH+]1CC[NH+](Cc2ccccc2)CC1. The van der Waals surface area contributed by atoms with E-state index in [1.54, 1.807) is 6.92 Å². The van der Waals surface area contributed by atoms with Gasteiger partial charge in [-0.3, -0.25) is 4.79 Å². The molecule has 0 unspecified atom stereocenters. The van der Waals surface area contributed by atoms with E-state index in [0.29, 0.717) is 0 Å². The van der Waals surface area contributed by atoms with Crippen molar-refractivity contribution in [1.29, 1.82) is 0 Å². The van der Waals surface area contributed by atoms with Gasteiger partial charge in [0.2, 0.25) is 0 Å². The third-order valence-corrected chi connectivity index (χ3v) is 5.19. The zero-order valence-electron chi connectivity index (χ0n) is 15.2. The van der Waals surface area contributed by atoms with Crippen LogP contribution in [0, 0.1) is 17.5 Å². The minimum Gasteiger partial charge on any atom is -0.322 e. The molecular weight excluding hydrogens is 355 g/mol. The first-order chi connectivity index (χ1) is 13.0. The Kier molecular flexibility index (Phi) is 6.13. The van der Waals surface area contributed by atoms with Crippen molar-refractivity contribution < 1.29 is 27.8 Å². The molecule has 144 valence electrons. The molecule has 1 atom stereocenters. The van der Waals surface area contributed by atoms with Crippen molar-refractivity contribution in [2.75, 3.05) is 31.5 Å². The fourth-order valence-electron chi connectivity index (χ4n) is 3.47. The van der Waals surface area contributed by atoms with Crippen molar-refractivity contribution in [2.24, 2.45) is 0 Å². The third kappa shape index (κ3) is 4.67. The van der Waals surface area contributed by atoms with Crippen LogP contribution in [-0.4, -0.2) is 38.1 Å². The Morgan fingerprint density at radius 2 is 1.67 bits per heavy atom. The second-order valence-corrected chi connectivity index (χ2v) is 7.00. The van der Waals surface area contributed by atoms with E-state index < -0.39 is 29.4 Å². The molecule has 2 aromatic rings. The second-order valence-electron chi connectivity index (χ2n) is 7.00. The quantitative estimate of drug-likeness (QED) is 0.647. The van der Waals surface area contributed by atoms with Crippen molar-refractivity contribution in [3.05, 3.63) is 65.5 Å². The van der Waals surface area contributed by atoms with Crippen LogP contribution in [0.3, 0.4) is 0 Å². The topological polar surface area (TPSA) is 38.0 Å². The van der Waals surface area contributed by atoms with Crippen LogP contribution in [0.2, 0.25) is 0 Å². The first-order valence-corrected chi connectivity index (χ1v) is 9.12. The first kappa shape index (κ1) is 19.4. The van der Waals surface area contributed by atoms with E-state index >= 15 is 0 Å². The van der Waals surface area contributed by atoms with Crippen LogP contribution in [0.25, 0.3) is 0 Å². The standard InChI is InChI=1S/C20H22F3N3O/c1-14(20(27)24-17-8-7-16(21)18(22)19(17)23)26-11-9-25(10-12-26)13-15-5-3-2-4-6-15/h2-8,14H,9-13H2,1H3,(H,24,27)/p+2/t14-/m0/s1. The summed E-state index contributed by atoms with van der Waals surface area (Å²) in [5.41, 5.74) is 0.953. The lowest BCUT2D eigenvalue weighted by atomic mass is 10.1. The van der Waals surface area contributed by atoms with Crippen LogP contribution >= 0.6 is 0 Å². The Morgan fingerprint density at radius 1 is 1.00 bits per heavy atom. The Labute approximate surface area is 156 Å². The summed E-state index contributed by atoms with van der Waals surface area (Å²) < 4.78 is 40.1. The molecule has 3 rings (SSSR count). The number of rotatable bonds is 5. The maximum atomic E-state index is 13.7. The third-order valence-electron chi connectivity index (χ3n) is 5.19. The maximum Gasteiger partial charge on any atom is 0.282 e. The highest BCUT2D eigenvalue weighted by atomic mass is 19.2. The molecule has 1 amide bonds. The molecule has 0 aliphatic carbocycles. The molecule has 1 fully saturated rings. The van der Waals surface area contributed by atoms with Gasteiger partial charge in [-0.15, -0.1) is 0 Å². The van der Waals surface area contributed by atoms with Crippen molar-refractivity contribution in [2.45, 2.75) is 19.5 Å². The van der Waals surface area contributed by atoms with Crippen LogP contribution in [0.5, 0.6) is 0 Å². The van der Waals surface area contributed by atoms with Crippen molar-refractivity contribution >= 4 is 11.6 Å². The van der Waals surface area contributed by atoms with Gasteiger partial charge in [-0.1, -0.05) is 30.3 Å².